The highest BCUT2D eigenvalue weighted by Gasteiger charge is 2.22. The second-order valence-corrected chi connectivity index (χ2v) is 8.89. The Morgan fingerprint density at radius 3 is 2.28 bits per heavy atom. The van der Waals surface area contributed by atoms with Crippen molar-refractivity contribution in [2.24, 2.45) is 0 Å². The molecule has 3 rings (SSSR count). The molecule has 0 atom stereocenters. The summed E-state index contributed by atoms with van der Waals surface area (Å²) in [5.41, 5.74) is 2.64. The average molecular weight is 455 g/mol. The Morgan fingerprint density at radius 2 is 1.59 bits per heavy atom. The van der Waals surface area contributed by atoms with Gasteiger partial charge in [-0.3, -0.25) is 4.79 Å². The largest absolute Gasteiger partial charge is 0.495 e. The Hall–Kier alpha value is -3.36. The Balaban J connectivity index is 1.81. The topological polar surface area (TPSA) is 93.7 Å². The van der Waals surface area contributed by atoms with Crippen molar-refractivity contribution < 1.29 is 22.7 Å². The standard InChI is InChI=1S/C24H26N2O5S/c1-17-9-11-21(30-2)20(15-17)26-24(27)19-10-12-22(31-3)23(16-19)32(28,29)25-14-13-18-7-5-4-6-8-18/h4-12,15-16,25H,13-14H2,1-3H3,(H,26,27). The summed E-state index contributed by atoms with van der Waals surface area (Å²) < 4.78 is 39.0. The van der Waals surface area contributed by atoms with E-state index in [0.29, 0.717) is 17.9 Å². The minimum atomic E-state index is -3.90. The molecule has 0 aromatic heterocycles. The lowest BCUT2D eigenvalue weighted by Gasteiger charge is -2.14. The van der Waals surface area contributed by atoms with Gasteiger partial charge < -0.3 is 14.8 Å². The molecule has 168 valence electrons. The van der Waals surface area contributed by atoms with E-state index in [0.717, 1.165) is 11.1 Å². The molecule has 7 nitrogen and oxygen atoms in total. The molecule has 3 aromatic carbocycles. The van der Waals surface area contributed by atoms with Crippen LogP contribution in [0.3, 0.4) is 0 Å². The molecule has 8 heteroatoms. The van der Waals surface area contributed by atoms with E-state index >= 15 is 0 Å². The molecule has 32 heavy (non-hydrogen) atoms. The molecule has 1 amide bonds. The summed E-state index contributed by atoms with van der Waals surface area (Å²) in [6, 6.07) is 19.3. The fourth-order valence-electron chi connectivity index (χ4n) is 3.19. The van der Waals surface area contributed by atoms with Crippen LogP contribution in [0, 0.1) is 6.92 Å². The number of aryl methyl sites for hydroxylation is 1. The maximum absolute atomic E-state index is 12.9. The van der Waals surface area contributed by atoms with Gasteiger partial charge in [0.25, 0.3) is 5.91 Å². The quantitative estimate of drug-likeness (QED) is 0.513. The van der Waals surface area contributed by atoms with Crippen LogP contribution in [0.5, 0.6) is 11.5 Å². The molecule has 0 aliphatic carbocycles. The SMILES string of the molecule is COc1ccc(C)cc1NC(=O)c1ccc(OC)c(S(=O)(=O)NCCc2ccccc2)c1. The number of carbonyl (C=O) groups is 1. The molecule has 0 unspecified atom stereocenters. The highest BCUT2D eigenvalue weighted by Crippen LogP contribution is 2.28. The van der Waals surface area contributed by atoms with E-state index in [1.165, 1.54) is 32.4 Å². The van der Waals surface area contributed by atoms with Gasteiger partial charge in [0, 0.05) is 12.1 Å². The summed E-state index contributed by atoms with van der Waals surface area (Å²) in [7, 11) is -1.00. The van der Waals surface area contributed by atoms with Gasteiger partial charge in [-0.2, -0.15) is 0 Å². The number of rotatable bonds is 9. The molecule has 0 aliphatic heterocycles. The lowest BCUT2D eigenvalue weighted by Crippen LogP contribution is -2.27. The molecular formula is C24H26N2O5S. The van der Waals surface area contributed by atoms with Crippen molar-refractivity contribution >= 4 is 21.6 Å². The normalized spacial score (nSPS) is 11.1. The third-order valence-corrected chi connectivity index (χ3v) is 6.35. The first-order valence-corrected chi connectivity index (χ1v) is 11.5. The van der Waals surface area contributed by atoms with Crippen molar-refractivity contribution in [3.8, 4) is 11.5 Å². The van der Waals surface area contributed by atoms with Gasteiger partial charge in [-0.1, -0.05) is 36.4 Å². The summed E-state index contributed by atoms with van der Waals surface area (Å²) in [5, 5.41) is 2.78. The van der Waals surface area contributed by atoms with Crippen LogP contribution in [0.15, 0.2) is 71.6 Å². The van der Waals surface area contributed by atoms with Gasteiger partial charge in [-0.25, -0.2) is 13.1 Å². The highest BCUT2D eigenvalue weighted by atomic mass is 32.2. The fourth-order valence-corrected chi connectivity index (χ4v) is 4.42. The molecule has 0 spiro atoms. The second-order valence-electron chi connectivity index (χ2n) is 7.16. The van der Waals surface area contributed by atoms with E-state index in [9.17, 15) is 13.2 Å². The first kappa shape index (κ1) is 23.3. The Labute approximate surface area is 188 Å². The minimum absolute atomic E-state index is 0.100. The van der Waals surface area contributed by atoms with Crippen LogP contribution in [0.1, 0.15) is 21.5 Å². The number of ether oxygens (including phenoxy) is 2. The molecule has 0 aliphatic rings. The summed E-state index contributed by atoms with van der Waals surface area (Å²) >= 11 is 0. The molecule has 0 saturated heterocycles. The number of anilines is 1. The number of hydrogen-bond acceptors (Lipinski definition) is 5. The predicted molar refractivity (Wildman–Crippen MR) is 124 cm³/mol. The minimum Gasteiger partial charge on any atom is -0.495 e. The van der Waals surface area contributed by atoms with Crippen LogP contribution >= 0.6 is 0 Å². The van der Waals surface area contributed by atoms with Crippen LogP contribution < -0.4 is 19.5 Å². The van der Waals surface area contributed by atoms with Crippen LogP contribution in [0.2, 0.25) is 0 Å². The molecule has 0 saturated carbocycles. The van der Waals surface area contributed by atoms with Gasteiger partial charge >= 0.3 is 0 Å². The molecule has 0 bridgehead atoms. The molecular weight excluding hydrogens is 428 g/mol. The summed E-state index contributed by atoms with van der Waals surface area (Å²) in [4.78, 5) is 12.7. The van der Waals surface area contributed by atoms with Crippen molar-refractivity contribution in [3.63, 3.8) is 0 Å². The maximum atomic E-state index is 12.9. The third-order valence-electron chi connectivity index (χ3n) is 4.87. The van der Waals surface area contributed by atoms with Gasteiger partial charge in [0.15, 0.2) is 0 Å². The number of sulfonamides is 1. The average Bonchev–Trinajstić information content (AvgIpc) is 2.79. The van der Waals surface area contributed by atoms with Crippen molar-refractivity contribution in [1.29, 1.82) is 0 Å². The number of carbonyl (C=O) groups excluding carboxylic acids is 1. The van der Waals surface area contributed by atoms with Gasteiger partial charge in [0.05, 0.1) is 19.9 Å². The summed E-state index contributed by atoms with van der Waals surface area (Å²) in [6.07, 6.45) is 0.537. The molecule has 2 N–H and O–H groups in total. The van der Waals surface area contributed by atoms with E-state index in [-0.39, 0.29) is 22.8 Å². The third kappa shape index (κ3) is 5.66. The lowest BCUT2D eigenvalue weighted by atomic mass is 10.1. The van der Waals surface area contributed by atoms with Crippen LogP contribution in [-0.4, -0.2) is 35.1 Å². The smallest absolute Gasteiger partial charge is 0.255 e. The zero-order valence-corrected chi connectivity index (χ0v) is 19.0. The number of amides is 1. The first-order valence-electron chi connectivity index (χ1n) is 10.0. The fraction of sp³-hybridized carbons (Fsp3) is 0.208. The van der Waals surface area contributed by atoms with Crippen molar-refractivity contribution in [2.75, 3.05) is 26.1 Å². The summed E-state index contributed by atoms with van der Waals surface area (Å²) in [5.74, 6) is 0.201. The summed E-state index contributed by atoms with van der Waals surface area (Å²) in [6.45, 7) is 2.11. The van der Waals surface area contributed by atoms with E-state index < -0.39 is 15.9 Å². The van der Waals surface area contributed by atoms with Gasteiger partial charge in [-0.05, 0) is 54.8 Å². The van der Waals surface area contributed by atoms with Gasteiger partial charge in [-0.15, -0.1) is 0 Å². The second kappa shape index (κ2) is 10.3. The maximum Gasteiger partial charge on any atom is 0.255 e. The Kier molecular flexibility index (Phi) is 7.50. The number of hydrogen-bond donors (Lipinski definition) is 2. The van der Waals surface area contributed by atoms with Crippen molar-refractivity contribution in [2.45, 2.75) is 18.2 Å². The lowest BCUT2D eigenvalue weighted by molar-refractivity contribution is 0.102. The van der Waals surface area contributed by atoms with Crippen LogP contribution in [0.4, 0.5) is 5.69 Å². The van der Waals surface area contributed by atoms with E-state index in [4.69, 9.17) is 9.47 Å². The predicted octanol–water partition coefficient (Wildman–Crippen LogP) is 3.79. The van der Waals surface area contributed by atoms with E-state index in [2.05, 4.69) is 10.0 Å². The van der Waals surface area contributed by atoms with Crippen LogP contribution in [0.25, 0.3) is 0 Å². The van der Waals surface area contributed by atoms with Crippen LogP contribution in [-0.2, 0) is 16.4 Å². The monoisotopic (exact) mass is 454 g/mol. The van der Waals surface area contributed by atoms with E-state index in [1.54, 1.807) is 12.1 Å². The van der Waals surface area contributed by atoms with Gasteiger partial charge in [0.1, 0.15) is 16.4 Å². The molecule has 3 aromatic rings. The number of benzene rings is 3. The molecule has 0 heterocycles. The number of nitrogens with one attached hydrogen (secondary N) is 2. The Morgan fingerprint density at radius 1 is 0.906 bits per heavy atom. The Bertz CT molecular complexity index is 1190. The van der Waals surface area contributed by atoms with Crippen molar-refractivity contribution in [3.05, 3.63) is 83.4 Å². The molecule has 0 fully saturated rings. The van der Waals surface area contributed by atoms with Crippen molar-refractivity contribution in [1.82, 2.24) is 4.72 Å². The van der Waals surface area contributed by atoms with E-state index in [1.807, 2.05) is 43.3 Å². The number of methoxy groups -OCH3 is 2. The van der Waals surface area contributed by atoms with Gasteiger partial charge in [0.2, 0.25) is 10.0 Å². The zero-order valence-electron chi connectivity index (χ0n) is 18.2. The molecule has 0 radical (unpaired) electrons. The first-order chi connectivity index (χ1) is 15.3. The highest BCUT2D eigenvalue weighted by molar-refractivity contribution is 7.89. The zero-order chi connectivity index (χ0) is 23.1.